The second kappa shape index (κ2) is 10.8. The van der Waals surface area contributed by atoms with Gasteiger partial charge in [0.2, 0.25) is 11.8 Å². The fraction of sp³-hybridized carbons (Fsp3) is 0.458. The van der Waals surface area contributed by atoms with Crippen molar-refractivity contribution in [2.24, 2.45) is 0 Å². The summed E-state index contributed by atoms with van der Waals surface area (Å²) < 4.78 is 2.43. The van der Waals surface area contributed by atoms with Crippen LogP contribution in [-0.2, 0) is 16.1 Å². The predicted molar refractivity (Wildman–Crippen MR) is 119 cm³/mol. The van der Waals surface area contributed by atoms with Gasteiger partial charge >= 0.3 is 0 Å². The van der Waals surface area contributed by atoms with Crippen LogP contribution in [0.1, 0.15) is 67.1 Å². The minimum atomic E-state index is -0.181. The van der Waals surface area contributed by atoms with Crippen molar-refractivity contribution in [3.63, 3.8) is 0 Å². The summed E-state index contributed by atoms with van der Waals surface area (Å²) in [5, 5.41) is 5.62. The number of rotatable bonds is 8. The highest BCUT2D eigenvalue weighted by atomic mass is 16.2. The second-order valence-corrected chi connectivity index (χ2v) is 7.99. The van der Waals surface area contributed by atoms with Gasteiger partial charge in [-0.1, -0.05) is 19.3 Å². The molecule has 1 saturated carbocycles. The molecular weight excluding hydrogens is 376 g/mol. The highest BCUT2D eigenvalue weighted by Gasteiger charge is 2.19. The number of aromatic nitrogens is 2. The molecule has 2 aromatic heterocycles. The number of nitrogens with zero attached hydrogens (tertiary/aromatic N) is 2. The standard InChI is InChI=1S/C24H32N4O2/c1-18-16-21(19(2)28(18)22-6-4-3-5-7-22)8-9-23(29)26-15-12-24(30)27-17-20-10-13-25-14-11-20/h8-11,13-14,16,22H,3-7,12,15,17H2,1-2H3,(H,26,29)(H,27,30)/b9-8+. The van der Waals surface area contributed by atoms with E-state index >= 15 is 0 Å². The minimum absolute atomic E-state index is 0.0906. The van der Waals surface area contributed by atoms with Gasteiger partial charge in [0.15, 0.2) is 0 Å². The summed E-state index contributed by atoms with van der Waals surface area (Å²) in [5.74, 6) is -0.272. The third-order valence-electron chi connectivity index (χ3n) is 5.77. The molecule has 2 heterocycles. The average molecular weight is 409 g/mol. The molecule has 3 rings (SSSR count). The van der Waals surface area contributed by atoms with E-state index in [2.05, 4.69) is 40.1 Å². The first kappa shape index (κ1) is 21.8. The number of hydrogen-bond donors (Lipinski definition) is 2. The fourth-order valence-electron chi connectivity index (χ4n) is 4.19. The van der Waals surface area contributed by atoms with Crippen molar-refractivity contribution < 1.29 is 9.59 Å². The van der Waals surface area contributed by atoms with Gasteiger partial charge in [-0.05, 0) is 62.1 Å². The van der Waals surface area contributed by atoms with Crippen LogP contribution in [0.3, 0.4) is 0 Å². The van der Waals surface area contributed by atoms with Crippen LogP contribution in [0, 0.1) is 13.8 Å². The van der Waals surface area contributed by atoms with E-state index in [1.807, 2.05) is 18.2 Å². The van der Waals surface area contributed by atoms with E-state index in [1.165, 1.54) is 43.5 Å². The third kappa shape index (κ3) is 6.05. The summed E-state index contributed by atoms with van der Waals surface area (Å²) in [6, 6.07) is 6.46. The van der Waals surface area contributed by atoms with Gasteiger partial charge < -0.3 is 15.2 Å². The molecule has 0 saturated heterocycles. The first-order valence-corrected chi connectivity index (χ1v) is 10.8. The molecule has 1 fully saturated rings. The van der Waals surface area contributed by atoms with E-state index in [1.54, 1.807) is 18.5 Å². The Morgan fingerprint density at radius 1 is 1.13 bits per heavy atom. The summed E-state index contributed by atoms with van der Waals surface area (Å²) in [5.41, 5.74) is 4.56. The smallest absolute Gasteiger partial charge is 0.244 e. The maximum Gasteiger partial charge on any atom is 0.244 e. The van der Waals surface area contributed by atoms with Crippen molar-refractivity contribution in [1.82, 2.24) is 20.2 Å². The maximum absolute atomic E-state index is 12.1. The van der Waals surface area contributed by atoms with Gasteiger partial charge in [-0.25, -0.2) is 0 Å². The highest BCUT2D eigenvalue weighted by Crippen LogP contribution is 2.32. The quantitative estimate of drug-likeness (QED) is 0.652. The monoisotopic (exact) mass is 408 g/mol. The lowest BCUT2D eigenvalue weighted by Gasteiger charge is -2.26. The van der Waals surface area contributed by atoms with Crippen molar-refractivity contribution in [3.05, 3.63) is 59.2 Å². The Labute approximate surface area is 178 Å². The molecule has 0 radical (unpaired) electrons. The van der Waals surface area contributed by atoms with Gasteiger partial charge in [-0.15, -0.1) is 0 Å². The molecule has 0 spiro atoms. The predicted octanol–water partition coefficient (Wildman–Crippen LogP) is 3.84. The van der Waals surface area contributed by atoms with Crippen molar-refractivity contribution in [2.45, 2.75) is 65.0 Å². The van der Waals surface area contributed by atoms with Crippen molar-refractivity contribution in [2.75, 3.05) is 6.54 Å². The summed E-state index contributed by atoms with van der Waals surface area (Å²) in [4.78, 5) is 28.0. The summed E-state index contributed by atoms with van der Waals surface area (Å²) >= 11 is 0. The molecular formula is C24H32N4O2. The molecule has 0 aromatic carbocycles. The Morgan fingerprint density at radius 3 is 2.60 bits per heavy atom. The average Bonchev–Trinajstić information content (AvgIpc) is 3.05. The molecule has 160 valence electrons. The third-order valence-corrected chi connectivity index (χ3v) is 5.77. The van der Waals surface area contributed by atoms with E-state index in [0.717, 1.165) is 11.1 Å². The maximum atomic E-state index is 12.1. The number of hydrogen-bond acceptors (Lipinski definition) is 3. The lowest BCUT2D eigenvalue weighted by atomic mass is 9.95. The van der Waals surface area contributed by atoms with Crippen molar-refractivity contribution in [1.29, 1.82) is 0 Å². The van der Waals surface area contributed by atoms with Crippen LogP contribution in [-0.4, -0.2) is 27.9 Å². The van der Waals surface area contributed by atoms with Crippen LogP contribution in [0.2, 0.25) is 0 Å². The Kier molecular flexibility index (Phi) is 7.82. The molecule has 2 amide bonds. The van der Waals surface area contributed by atoms with E-state index in [0.29, 0.717) is 19.1 Å². The number of carbonyl (C=O) groups excluding carboxylic acids is 2. The van der Waals surface area contributed by atoms with Crippen LogP contribution in [0.25, 0.3) is 6.08 Å². The zero-order valence-electron chi connectivity index (χ0n) is 18.0. The normalized spacial score (nSPS) is 14.7. The summed E-state index contributed by atoms with van der Waals surface area (Å²) in [7, 11) is 0. The van der Waals surface area contributed by atoms with Gasteiger partial charge in [0, 0.05) is 55.4 Å². The molecule has 0 aliphatic heterocycles. The molecule has 6 heteroatoms. The fourth-order valence-corrected chi connectivity index (χ4v) is 4.19. The van der Waals surface area contributed by atoms with Crippen molar-refractivity contribution in [3.8, 4) is 0 Å². The molecule has 1 aliphatic rings. The second-order valence-electron chi connectivity index (χ2n) is 7.99. The van der Waals surface area contributed by atoms with Crippen LogP contribution in [0.15, 0.2) is 36.7 Å². The molecule has 2 N–H and O–H groups in total. The Morgan fingerprint density at radius 2 is 1.87 bits per heavy atom. The van der Waals surface area contributed by atoms with Gasteiger partial charge in [-0.2, -0.15) is 0 Å². The number of pyridine rings is 1. The van der Waals surface area contributed by atoms with Crippen LogP contribution in [0.5, 0.6) is 0 Å². The summed E-state index contributed by atoms with van der Waals surface area (Å²) in [6.07, 6.45) is 13.5. The zero-order valence-corrected chi connectivity index (χ0v) is 18.0. The lowest BCUT2D eigenvalue weighted by Crippen LogP contribution is -2.29. The number of nitrogens with one attached hydrogen (secondary N) is 2. The van der Waals surface area contributed by atoms with Gasteiger partial charge in [0.05, 0.1) is 0 Å². The molecule has 0 bridgehead atoms. The number of aryl methyl sites for hydroxylation is 1. The first-order valence-electron chi connectivity index (χ1n) is 10.8. The van der Waals surface area contributed by atoms with Crippen LogP contribution in [0.4, 0.5) is 0 Å². The van der Waals surface area contributed by atoms with Crippen molar-refractivity contribution >= 4 is 17.9 Å². The van der Waals surface area contributed by atoms with Crippen LogP contribution < -0.4 is 10.6 Å². The number of amides is 2. The van der Waals surface area contributed by atoms with E-state index in [-0.39, 0.29) is 18.2 Å². The highest BCUT2D eigenvalue weighted by molar-refractivity contribution is 5.92. The molecule has 2 aromatic rings. The Balaban J connectivity index is 1.44. The zero-order chi connectivity index (χ0) is 21.3. The van der Waals surface area contributed by atoms with Gasteiger partial charge in [-0.3, -0.25) is 14.6 Å². The minimum Gasteiger partial charge on any atom is -0.352 e. The van der Waals surface area contributed by atoms with Gasteiger partial charge in [0.25, 0.3) is 0 Å². The SMILES string of the molecule is Cc1cc(/C=C/C(=O)NCCC(=O)NCc2ccncc2)c(C)n1C1CCCCC1. The van der Waals surface area contributed by atoms with E-state index in [9.17, 15) is 9.59 Å². The largest absolute Gasteiger partial charge is 0.352 e. The van der Waals surface area contributed by atoms with Gasteiger partial charge in [0.1, 0.15) is 0 Å². The molecule has 30 heavy (non-hydrogen) atoms. The molecule has 1 aliphatic carbocycles. The van der Waals surface area contributed by atoms with E-state index in [4.69, 9.17) is 0 Å². The van der Waals surface area contributed by atoms with Crippen LogP contribution >= 0.6 is 0 Å². The topological polar surface area (TPSA) is 76.0 Å². The lowest BCUT2D eigenvalue weighted by molar-refractivity contribution is -0.121. The Hall–Kier alpha value is -2.89. The van der Waals surface area contributed by atoms with E-state index < -0.39 is 0 Å². The Bertz CT molecular complexity index is 880. The molecule has 0 atom stereocenters. The number of carbonyl (C=O) groups is 2. The molecule has 6 nitrogen and oxygen atoms in total. The first-order chi connectivity index (χ1) is 14.5. The summed E-state index contributed by atoms with van der Waals surface area (Å²) in [6.45, 7) is 5.05. The molecule has 0 unspecified atom stereocenters.